The lowest BCUT2D eigenvalue weighted by molar-refractivity contribution is 0.0663. The third-order valence-corrected chi connectivity index (χ3v) is 8.33. The van der Waals surface area contributed by atoms with Crippen LogP contribution in [0.4, 0.5) is 8.78 Å². The molecule has 0 radical (unpaired) electrons. The van der Waals surface area contributed by atoms with Crippen LogP contribution in [-0.4, -0.2) is 56.5 Å². The van der Waals surface area contributed by atoms with Gasteiger partial charge in [0.1, 0.15) is 29.0 Å². The van der Waals surface area contributed by atoms with Gasteiger partial charge in [0.15, 0.2) is 5.58 Å². The van der Waals surface area contributed by atoms with E-state index >= 15 is 4.39 Å². The van der Waals surface area contributed by atoms with Crippen LogP contribution in [0.2, 0.25) is 0 Å². The van der Waals surface area contributed by atoms with E-state index < -0.39 is 18.0 Å². The summed E-state index contributed by atoms with van der Waals surface area (Å²) in [6, 6.07) is 13.2. The van der Waals surface area contributed by atoms with Gasteiger partial charge in [-0.05, 0) is 80.1 Å². The van der Waals surface area contributed by atoms with E-state index in [9.17, 15) is 14.4 Å². The number of hydrogen-bond acceptors (Lipinski definition) is 7. The highest BCUT2D eigenvalue weighted by Crippen LogP contribution is 2.38. The topological polar surface area (TPSA) is 109 Å². The normalized spacial score (nSPS) is 19.2. The minimum absolute atomic E-state index is 0.209. The molecule has 8 nitrogen and oxygen atoms in total. The molecule has 2 N–H and O–H groups in total. The highest BCUT2D eigenvalue weighted by molar-refractivity contribution is 5.97. The fraction of sp³-hybridized carbons (Fsp3) is 0.364. The Labute approximate surface area is 248 Å². The van der Waals surface area contributed by atoms with Crippen LogP contribution in [0.1, 0.15) is 40.7 Å². The Balaban J connectivity index is 1.30. The molecule has 2 aliphatic heterocycles. The van der Waals surface area contributed by atoms with Crippen molar-refractivity contribution in [1.82, 2.24) is 15.6 Å². The lowest BCUT2D eigenvalue weighted by Gasteiger charge is -2.27. The Morgan fingerprint density at radius 3 is 2.77 bits per heavy atom. The number of alkyl halides is 1. The van der Waals surface area contributed by atoms with Gasteiger partial charge in [-0.1, -0.05) is 0 Å². The van der Waals surface area contributed by atoms with Crippen LogP contribution in [0.3, 0.4) is 0 Å². The summed E-state index contributed by atoms with van der Waals surface area (Å²) in [5.74, 6) is 0.308. The van der Waals surface area contributed by atoms with Gasteiger partial charge in [-0.3, -0.25) is 9.78 Å². The molecule has 6 rings (SSSR count). The molecule has 2 fully saturated rings. The smallest absolute Gasteiger partial charge is 0.251 e. The van der Waals surface area contributed by atoms with Crippen molar-refractivity contribution < 1.29 is 27.5 Å². The number of nitrogens with one attached hydrogen (secondary N) is 2. The molecule has 2 saturated heterocycles. The summed E-state index contributed by atoms with van der Waals surface area (Å²) in [7, 11) is 1.49. The van der Waals surface area contributed by atoms with E-state index in [1.54, 1.807) is 42.6 Å². The Hall–Kier alpha value is -4.33. The average molecular weight is 587 g/mol. The average Bonchev–Trinajstić information content (AvgIpc) is 3.47. The van der Waals surface area contributed by atoms with E-state index in [-0.39, 0.29) is 18.4 Å². The van der Waals surface area contributed by atoms with Gasteiger partial charge in [-0.2, -0.15) is 5.26 Å². The second kappa shape index (κ2) is 12.5. The van der Waals surface area contributed by atoms with Crippen molar-refractivity contribution >= 4 is 17.0 Å². The zero-order valence-electron chi connectivity index (χ0n) is 23.8. The molecule has 222 valence electrons. The Morgan fingerprint density at radius 1 is 1.16 bits per heavy atom. The number of piperidine rings is 1. The molecule has 1 amide bonds. The molecule has 2 aromatic carbocycles. The zero-order chi connectivity index (χ0) is 29.9. The van der Waals surface area contributed by atoms with Crippen LogP contribution in [0.5, 0.6) is 5.75 Å². The fourth-order valence-corrected chi connectivity index (χ4v) is 5.91. The van der Waals surface area contributed by atoms with E-state index in [0.717, 1.165) is 12.8 Å². The standard InChI is InChI=1S/C33H32F2N4O4/c1-41-30-15-20(33(40)39-28-5-8-37-18-27(28)35)2-3-24(30)31-16-29-32(43-31)23(4-9-38-29)21-13-22(17-36)25(26(34)14-21)12-19-6-10-42-11-7-19/h2-4,9,13-16,19,27-28,37H,5-8,10-12,18H2,1H3,(H,39,40)/t27-,28+/m0/s1. The summed E-state index contributed by atoms with van der Waals surface area (Å²) in [5, 5.41) is 15.6. The molecule has 0 spiro atoms. The summed E-state index contributed by atoms with van der Waals surface area (Å²) in [5.41, 5.74) is 3.74. The van der Waals surface area contributed by atoms with Gasteiger partial charge >= 0.3 is 0 Å². The first-order valence-electron chi connectivity index (χ1n) is 14.5. The predicted molar refractivity (Wildman–Crippen MR) is 157 cm³/mol. The van der Waals surface area contributed by atoms with Gasteiger partial charge in [0.05, 0.1) is 30.3 Å². The number of furan rings is 1. The summed E-state index contributed by atoms with van der Waals surface area (Å²) in [4.78, 5) is 17.3. The molecular formula is C33H32F2N4O4. The number of methoxy groups -OCH3 is 1. The molecule has 0 bridgehead atoms. The van der Waals surface area contributed by atoms with E-state index in [4.69, 9.17) is 13.9 Å². The Morgan fingerprint density at radius 2 is 2.00 bits per heavy atom. The number of aromatic nitrogens is 1. The van der Waals surface area contributed by atoms with E-state index in [2.05, 4.69) is 21.7 Å². The summed E-state index contributed by atoms with van der Waals surface area (Å²) < 4.78 is 47.0. The van der Waals surface area contributed by atoms with Gasteiger partial charge in [0.2, 0.25) is 0 Å². The fourth-order valence-electron chi connectivity index (χ4n) is 5.91. The first kappa shape index (κ1) is 28.8. The van der Waals surface area contributed by atoms with Crippen LogP contribution in [0.25, 0.3) is 33.6 Å². The number of benzene rings is 2. The maximum atomic E-state index is 15.5. The molecule has 0 unspecified atom stereocenters. The number of rotatable bonds is 7. The SMILES string of the molecule is COc1cc(C(=O)N[C@@H]2CCNC[C@@H]2F)ccc1-c1cc2nccc(-c3cc(F)c(CC4CCOCC4)c(C#N)c3)c2o1. The predicted octanol–water partition coefficient (Wildman–Crippen LogP) is 5.58. The van der Waals surface area contributed by atoms with Crippen molar-refractivity contribution in [3.8, 4) is 34.3 Å². The molecule has 10 heteroatoms. The number of amides is 1. The lowest BCUT2D eigenvalue weighted by atomic mass is 9.88. The number of fused-ring (bicyclic) bond motifs is 1. The zero-order valence-corrected chi connectivity index (χ0v) is 23.8. The van der Waals surface area contributed by atoms with E-state index in [0.29, 0.717) is 88.6 Å². The summed E-state index contributed by atoms with van der Waals surface area (Å²) in [6.07, 6.45) is 3.15. The highest BCUT2D eigenvalue weighted by atomic mass is 19.1. The molecule has 0 saturated carbocycles. The molecule has 2 aliphatic rings. The van der Waals surface area contributed by atoms with Crippen molar-refractivity contribution in [2.24, 2.45) is 5.92 Å². The highest BCUT2D eigenvalue weighted by Gasteiger charge is 2.27. The summed E-state index contributed by atoms with van der Waals surface area (Å²) >= 11 is 0. The van der Waals surface area contributed by atoms with Crippen LogP contribution in [0.15, 0.2) is 53.1 Å². The number of nitrogens with zero attached hydrogens (tertiary/aromatic N) is 2. The van der Waals surface area contributed by atoms with Crippen molar-refractivity contribution in [3.05, 3.63) is 71.2 Å². The number of carbonyl (C=O) groups excluding carboxylic acids is 1. The van der Waals surface area contributed by atoms with Crippen LogP contribution in [-0.2, 0) is 11.2 Å². The van der Waals surface area contributed by atoms with Gasteiger partial charge in [0.25, 0.3) is 5.91 Å². The van der Waals surface area contributed by atoms with Crippen LogP contribution >= 0.6 is 0 Å². The maximum Gasteiger partial charge on any atom is 0.251 e. The number of pyridine rings is 1. The molecule has 0 aliphatic carbocycles. The van der Waals surface area contributed by atoms with Crippen molar-refractivity contribution in [2.45, 2.75) is 37.9 Å². The van der Waals surface area contributed by atoms with Crippen LogP contribution in [0, 0.1) is 23.1 Å². The van der Waals surface area contributed by atoms with E-state index in [1.165, 1.54) is 13.2 Å². The van der Waals surface area contributed by atoms with Crippen molar-refractivity contribution in [3.63, 3.8) is 0 Å². The second-order valence-electron chi connectivity index (χ2n) is 11.0. The molecular weight excluding hydrogens is 554 g/mol. The second-order valence-corrected chi connectivity index (χ2v) is 11.0. The number of halogens is 2. The third kappa shape index (κ3) is 5.96. The Bertz CT molecular complexity index is 1690. The molecule has 2 atom stereocenters. The molecule has 4 heterocycles. The number of hydrogen-bond donors (Lipinski definition) is 2. The van der Waals surface area contributed by atoms with Gasteiger partial charge in [-0.25, -0.2) is 8.78 Å². The molecule has 43 heavy (non-hydrogen) atoms. The number of carbonyl (C=O) groups is 1. The largest absolute Gasteiger partial charge is 0.496 e. The number of nitriles is 1. The lowest BCUT2D eigenvalue weighted by Crippen LogP contribution is -2.50. The quantitative estimate of drug-likeness (QED) is 0.291. The van der Waals surface area contributed by atoms with Gasteiger partial charge in [0, 0.05) is 48.7 Å². The van der Waals surface area contributed by atoms with E-state index in [1.807, 2.05) is 0 Å². The third-order valence-electron chi connectivity index (χ3n) is 8.33. The first-order valence-corrected chi connectivity index (χ1v) is 14.5. The summed E-state index contributed by atoms with van der Waals surface area (Å²) in [6.45, 7) is 2.16. The van der Waals surface area contributed by atoms with Crippen LogP contribution < -0.4 is 15.4 Å². The number of ether oxygens (including phenoxy) is 2. The minimum Gasteiger partial charge on any atom is -0.496 e. The van der Waals surface area contributed by atoms with Crippen molar-refractivity contribution in [2.75, 3.05) is 33.4 Å². The van der Waals surface area contributed by atoms with Crippen molar-refractivity contribution in [1.29, 1.82) is 5.26 Å². The molecule has 2 aromatic heterocycles. The van der Waals surface area contributed by atoms with Gasteiger partial charge in [-0.15, -0.1) is 0 Å². The monoisotopic (exact) mass is 586 g/mol. The minimum atomic E-state index is -1.16. The first-order chi connectivity index (χ1) is 20.9. The Kier molecular flexibility index (Phi) is 8.36. The maximum absolute atomic E-state index is 15.5. The molecule has 4 aromatic rings. The van der Waals surface area contributed by atoms with Gasteiger partial charge < -0.3 is 24.5 Å².